The van der Waals surface area contributed by atoms with E-state index in [1.807, 2.05) is 26.1 Å². The zero-order valence-electron chi connectivity index (χ0n) is 12.1. The van der Waals surface area contributed by atoms with Gasteiger partial charge in [0.05, 0.1) is 12.6 Å². The Morgan fingerprint density at radius 1 is 1.10 bits per heavy atom. The number of ether oxygens (including phenoxy) is 1. The van der Waals surface area contributed by atoms with Gasteiger partial charge in [-0.2, -0.15) is 0 Å². The summed E-state index contributed by atoms with van der Waals surface area (Å²) in [5.74, 6) is 0.913. The van der Waals surface area contributed by atoms with E-state index in [9.17, 15) is 0 Å². The van der Waals surface area contributed by atoms with Gasteiger partial charge in [-0.15, -0.1) is 0 Å². The van der Waals surface area contributed by atoms with Gasteiger partial charge in [-0.3, -0.25) is 0 Å². The third-order valence-corrected chi connectivity index (χ3v) is 3.67. The van der Waals surface area contributed by atoms with Crippen molar-refractivity contribution in [2.45, 2.75) is 19.9 Å². The zero-order valence-corrected chi connectivity index (χ0v) is 13.7. The van der Waals surface area contributed by atoms with Crippen molar-refractivity contribution in [3.05, 3.63) is 63.6 Å². The predicted octanol–water partition coefficient (Wildman–Crippen LogP) is 4.47. The fraction of sp³-hybridized carbons (Fsp3) is 0.294. The molecule has 0 aliphatic carbocycles. The van der Waals surface area contributed by atoms with E-state index in [-0.39, 0.29) is 6.04 Å². The van der Waals surface area contributed by atoms with Crippen LogP contribution >= 0.6 is 15.9 Å². The summed E-state index contributed by atoms with van der Waals surface area (Å²) in [6.45, 7) is 4.80. The minimum absolute atomic E-state index is 0.182. The van der Waals surface area contributed by atoms with Gasteiger partial charge in [-0.25, -0.2) is 0 Å². The van der Waals surface area contributed by atoms with Crippen molar-refractivity contribution in [3.63, 3.8) is 0 Å². The molecule has 0 aliphatic rings. The topological polar surface area (TPSA) is 21.3 Å². The summed E-state index contributed by atoms with van der Waals surface area (Å²) in [5.41, 5.74) is 3.73. The molecule has 0 saturated carbocycles. The van der Waals surface area contributed by atoms with Crippen LogP contribution in [0.25, 0.3) is 0 Å². The average Bonchev–Trinajstić information content (AvgIpc) is 2.41. The lowest BCUT2D eigenvalue weighted by atomic mass is 9.97. The fourth-order valence-corrected chi connectivity index (χ4v) is 3.01. The first-order chi connectivity index (χ1) is 9.63. The van der Waals surface area contributed by atoms with Gasteiger partial charge in [0.15, 0.2) is 0 Å². The fourth-order valence-electron chi connectivity index (χ4n) is 2.38. The molecule has 106 valence electrons. The molecule has 0 aliphatic heterocycles. The third-order valence-electron chi connectivity index (χ3n) is 3.21. The van der Waals surface area contributed by atoms with Crippen LogP contribution in [0, 0.1) is 6.92 Å². The molecule has 1 atom stereocenters. The van der Waals surface area contributed by atoms with Crippen LogP contribution in [0.15, 0.2) is 46.9 Å². The van der Waals surface area contributed by atoms with Crippen LogP contribution in [0.3, 0.4) is 0 Å². The third kappa shape index (κ3) is 3.62. The van der Waals surface area contributed by atoms with E-state index in [4.69, 9.17) is 4.74 Å². The summed E-state index contributed by atoms with van der Waals surface area (Å²) < 4.78 is 6.60. The molecule has 2 aromatic carbocycles. The van der Waals surface area contributed by atoms with E-state index in [2.05, 4.69) is 58.5 Å². The minimum Gasteiger partial charge on any atom is -0.494 e. The number of aryl methyl sites for hydroxylation is 1. The second-order valence-corrected chi connectivity index (χ2v) is 5.70. The van der Waals surface area contributed by atoms with Crippen molar-refractivity contribution in [3.8, 4) is 5.75 Å². The number of halogens is 1. The molecule has 2 aromatic rings. The van der Waals surface area contributed by atoms with Crippen molar-refractivity contribution >= 4 is 15.9 Å². The van der Waals surface area contributed by atoms with Crippen LogP contribution in [0.5, 0.6) is 5.75 Å². The Morgan fingerprint density at radius 2 is 1.80 bits per heavy atom. The highest BCUT2D eigenvalue weighted by atomic mass is 79.9. The van der Waals surface area contributed by atoms with Gasteiger partial charge in [0.2, 0.25) is 0 Å². The smallest absolute Gasteiger partial charge is 0.119 e. The van der Waals surface area contributed by atoms with Gasteiger partial charge in [0.1, 0.15) is 5.75 Å². The molecule has 0 heterocycles. The van der Waals surface area contributed by atoms with E-state index in [0.717, 1.165) is 10.2 Å². The number of hydrogen-bond donors (Lipinski definition) is 1. The molecule has 0 bridgehead atoms. The molecule has 2 nitrogen and oxygen atoms in total. The SMILES string of the molecule is CCOc1ccc(C(NC)c2cc(C)cc(Br)c2)cc1. The lowest BCUT2D eigenvalue weighted by molar-refractivity contribution is 0.340. The van der Waals surface area contributed by atoms with Crippen molar-refractivity contribution in [1.29, 1.82) is 0 Å². The monoisotopic (exact) mass is 333 g/mol. The number of hydrogen-bond acceptors (Lipinski definition) is 2. The second kappa shape index (κ2) is 6.91. The predicted molar refractivity (Wildman–Crippen MR) is 87.4 cm³/mol. The highest BCUT2D eigenvalue weighted by Gasteiger charge is 2.13. The number of rotatable bonds is 5. The van der Waals surface area contributed by atoms with E-state index in [0.29, 0.717) is 6.61 Å². The van der Waals surface area contributed by atoms with E-state index in [1.54, 1.807) is 0 Å². The van der Waals surface area contributed by atoms with E-state index in [1.165, 1.54) is 16.7 Å². The van der Waals surface area contributed by atoms with Gasteiger partial charge in [-0.1, -0.05) is 34.1 Å². The van der Waals surface area contributed by atoms with Crippen LogP contribution in [0.4, 0.5) is 0 Å². The maximum atomic E-state index is 5.49. The first kappa shape index (κ1) is 15.1. The van der Waals surface area contributed by atoms with Crippen LogP contribution in [0.1, 0.15) is 29.7 Å². The van der Waals surface area contributed by atoms with Gasteiger partial charge >= 0.3 is 0 Å². The van der Waals surface area contributed by atoms with E-state index < -0.39 is 0 Å². The van der Waals surface area contributed by atoms with Gasteiger partial charge in [0.25, 0.3) is 0 Å². The molecule has 2 rings (SSSR count). The van der Waals surface area contributed by atoms with Crippen molar-refractivity contribution in [2.24, 2.45) is 0 Å². The summed E-state index contributed by atoms with van der Waals surface area (Å²) in [6.07, 6.45) is 0. The molecular formula is C17H20BrNO. The van der Waals surface area contributed by atoms with Gasteiger partial charge < -0.3 is 10.1 Å². The normalized spacial score (nSPS) is 12.2. The molecule has 0 amide bonds. The quantitative estimate of drug-likeness (QED) is 0.871. The average molecular weight is 334 g/mol. The highest BCUT2D eigenvalue weighted by molar-refractivity contribution is 9.10. The Balaban J connectivity index is 2.31. The van der Waals surface area contributed by atoms with Crippen LogP contribution < -0.4 is 10.1 Å². The van der Waals surface area contributed by atoms with E-state index >= 15 is 0 Å². The van der Waals surface area contributed by atoms with Crippen molar-refractivity contribution in [2.75, 3.05) is 13.7 Å². The van der Waals surface area contributed by atoms with Crippen LogP contribution in [-0.4, -0.2) is 13.7 Å². The summed E-state index contributed by atoms with van der Waals surface area (Å²) >= 11 is 3.57. The number of benzene rings is 2. The molecular weight excluding hydrogens is 314 g/mol. The lowest BCUT2D eigenvalue weighted by Crippen LogP contribution is -2.17. The summed E-state index contributed by atoms with van der Waals surface area (Å²) in [7, 11) is 1.98. The molecule has 1 N–H and O–H groups in total. The second-order valence-electron chi connectivity index (χ2n) is 4.79. The molecule has 20 heavy (non-hydrogen) atoms. The number of nitrogens with one attached hydrogen (secondary N) is 1. The molecule has 0 saturated heterocycles. The van der Waals surface area contributed by atoms with Crippen molar-refractivity contribution in [1.82, 2.24) is 5.32 Å². The maximum Gasteiger partial charge on any atom is 0.119 e. The first-order valence-corrected chi connectivity index (χ1v) is 7.60. The Labute approximate surface area is 129 Å². The highest BCUT2D eigenvalue weighted by Crippen LogP contribution is 2.27. The minimum atomic E-state index is 0.182. The molecule has 0 fully saturated rings. The summed E-state index contributed by atoms with van der Waals surface area (Å²) in [6, 6.07) is 14.9. The summed E-state index contributed by atoms with van der Waals surface area (Å²) in [5, 5.41) is 3.38. The Bertz CT molecular complexity index is 545. The molecule has 1 unspecified atom stereocenters. The van der Waals surface area contributed by atoms with Gasteiger partial charge in [0, 0.05) is 4.47 Å². The lowest BCUT2D eigenvalue weighted by Gasteiger charge is -2.18. The van der Waals surface area contributed by atoms with Gasteiger partial charge in [-0.05, 0) is 61.9 Å². The Kier molecular flexibility index (Phi) is 5.21. The Morgan fingerprint density at radius 3 is 2.35 bits per heavy atom. The first-order valence-electron chi connectivity index (χ1n) is 6.81. The molecule has 0 radical (unpaired) electrons. The maximum absolute atomic E-state index is 5.49. The molecule has 0 aromatic heterocycles. The molecule has 3 heteroatoms. The van der Waals surface area contributed by atoms with Crippen molar-refractivity contribution < 1.29 is 4.74 Å². The van der Waals surface area contributed by atoms with Crippen LogP contribution in [-0.2, 0) is 0 Å². The molecule has 0 spiro atoms. The summed E-state index contributed by atoms with van der Waals surface area (Å²) in [4.78, 5) is 0. The standard InChI is InChI=1S/C17H20BrNO/c1-4-20-16-7-5-13(6-8-16)17(19-3)14-9-12(2)10-15(18)11-14/h5-11,17,19H,4H2,1-3H3. The van der Waals surface area contributed by atoms with Crippen LogP contribution in [0.2, 0.25) is 0 Å². The zero-order chi connectivity index (χ0) is 14.5. The largest absolute Gasteiger partial charge is 0.494 e. The Hall–Kier alpha value is -1.32.